The lowest BCUT2D eigenvalue weighted by molar-refractivity contribution is -0.118. The van der Waals surface area contributed by atoms with Gasteiger partial charge in [-0.1, -0.05) is 0 Å². The Balaban J connectivity index is 1.58. The van der Waals surface area contributed by atoms with E-state index in [-0.39, 0.29) is 23.0 Å². The van der Waals surface area contributed by atoms with Gasteiger partial charge in [-0.15, -0.1) is 11.6 Å². The quantitative estimate of drug-likeness (QED) is 0.605. The number of rotatable bonds is 5. The van der Waals surface area contributed by atoms with Gasteiger partial charge in [-0.05, 0) is 40.0 Å². The van der Waals surface area contributed by atoms with Crippen molar-refractivity contribution in [3.05, 3.63) is 12.4 Å². The van der Waals surface area contributed by atoms with Crippen LogP contribution < -0.4 is 15.7 Å². The summed E-state index contributed by atoms with van der Waals surface area (Å²) in [5, 5.41) is 2.84. The molecule has 2 aliphatic rings. The number of anilines is 1. The molecule has 1 N–H and O–H groups in total. The fraction of sp³-hybridized carbons (Fsp3) is 0.706. The Bertz CT molecular complexity index is 640. The Morgan fingerprint density at radius 2 is 1.92 bits per heavy atom. The molecule has 9 heteroatoms. The number of hydrogen-bond donors (Lipinski definition) is 1. The van der Waals surface area contributed by atoms with Crippen molar-refractivity contribution in [2.24, 2.45) is 5.92 Å². The Kier molecular flexibility index (Phi) is 5.46. The molecule has 2 aliphatic heterocycles. The second-order valence-corrected chi connectivity index (χ2v) is 8.21. The van der Waals surface area contributed by atoms with Crippen molar-refractivity contribution < 1.29 is 14.1 Å². The maximum atomic E-state index is 11.3. The van der Waals surface area contributed by atoms with Gasteiger partial charge in [-0.2, -0.15) is 0 Å². The number of hydrogen-bond acceptors (Lipinski definition) is 6. The van der Waals surface area contributed by atoms with Gasteiger partial charge in [0.25, 0.3) is 0 Å². The predicted molar refractivity (Wildman–Crippen MR) is 102 cm³/mol. The van der Waals surface area contributed by atoms with Crippen LogP contribution >= 0.6 is 11.6 Å². The molecule has 7 nitrogen and oxygen atoms in total. The standard InChI is InChI=1S/C17H26BClN4O3/c1-16(2)17(3,4)26-18(25-16)13-9-21-15(22-10-13)23-6-5-12(11-23)8-20-14(24)7-19/h9-10,12H,5-8,11H2,1-4H3,(H,20,24)/t12-/m0/s1. The van der Waals surface area contributed by atoms with Crippen LogP contribution in [0.3, 0.4) is 0 Å². The zero-order valence-electron chi connectivity index (χ0n) is 15.8. The van der Waals surface area contributed by atoms with Crippen molar-refractivity contribution in [3.63, 3.8) is 0 Å². The third-order valence-corrected chi connectivity index (χ3v) is 5.70. The van der Waals surface area contributed by atoms with Gasteiger partial charge in [0.1, 0.15) is 5.88 Å². The lowest BCUT2D eigenvalue weighted by Crippen LogP contribution is -2.41. The summed E-state index contributed by atoms with van der Waals surface area (Å²) in [6.45, 7) is 10.4. The zero-order valence-corrected chi connectivity index (χ0v) is 16.5. The molecule has 0 aliphatic carbocycles. The number of alkyl halides is 1. The number of aromatic nitrogens is 2. The number of nitrogens with one attached hydrogen (secondary N) is 1. The third kappa shape index (κ3) is 3.97. The smallest absolute Gasteiger partial charge is 0.399 e. The van der Waals surface area contributed by atoms with E-state index in [1.807, 2.05) is 27.7 Å². The molecule has 1 aromatic heterocycles. The molecule has 0 unspecified atom stereocenters. The first-order valence-corrected chi connectivity index (χ1v) is 9.50. The lowest BCUT2D eigenvalue weighted by Gasteiger charge is -2.32. The average molecular weight is 381 g/mol. The summed E-state index contributed by atoms with van der Waals surface area (Å²) in [6.07, 6.45) is 4.53. The highest BCUT2D eigenvalue weighted by Crippen LogP contribution is 2.36. The van der Waals surface area contributed by atoms with Gasteiger partial charge in [0.15, 0.2) is 0 Å². The normalized spacial score (nSPS) is 24.1. The number of carbonyl (C=O) groups is 1. The molecule has 2 fully saturated rings. The number of amides is 1. The molecule has 1 atom stereocenters. The number of halogens is 1. The van der Waals surface area contributed by atoms with Gasteiger partial charge in [0, 0.05) is 37.5 Å². The molecule has 26 heavy (non-hydrogen) atoms. The second-order valence-electron chi connectivity index (χ2n) is 7.94. The van der Waals surface area contributed by atoms with E-state index in [2.05, 4.69) is 20.2 Å². The average Bonchev–Trinajstić information content (AvgIpc) is 3.15. The van der Waals surface area contributed by atoms with Gasteiger partial charge in [0.2, 0.25) is 11.9 Å². The van der Waals surface area contributed by atoms with Crippen LogP contribution in [0.4, 0.5) is 5.95 Å². The number of carbonyl (C=O) groups excluding carboxylic acids is 1. The van der Waals surface area contributed by atoms with Crippen molar-refractivity contribution in [2.45, 2.75) is 45.3 Å². The molecule has 1 amide bonds. The highest BCUT2D eigenvalue weighted by Gasteiger charge is 2.52. The first kappa shape index (κ1) is 19.4. The van der Waals surface area contributed by atoms with E-state index in [4.69, 9.17) is 20.9 Å². The van der Waals surface area contributed by atoms with Crippen LogP contribution in [0, 0.1) is 5.92 Å². The monoisotopic (exact) mass is 380 g/mol. The lowest BCUT2D eigenvalue weighted by atomic mass is 9.81. The van der Waals surface area contributed by atoms with Crippen LogP contribution in [-0.2, 0) is 14.1 Å². The molecular weight excluding hydrogens is 354 g/mol. The largest absolute Gasteiger partial charge is 0.498 e. The molecule has 0 radical (unpaired) electrons. The van der Waals surface area contributed by atoms with Gasteiger partial charge in [-0.25, -0.2) is 9.97 Å². The van der Waals surface area contributed by atoms with Crippen LogP contribution in [0.15, 0.2) is 12.4 Å². The molecule has 142 valence electrons. The minimum absolute atomic E-state index is 0.0000718. The summed E-state index contributed by atoms with van der Waals surface area (Å²) < 4.78 is 12.1. The Labute approximate surface area is 159 Å². The Hall–Kier alpha value is -1.38. The molecule has 0 bridgehead atoms. The molecule has 3 rings (SSSR count). The zero-order chi connectivity index (χ0) is 18.9. The topological polar surface area (TPSA) is 76.6 Å². The molecule has 0 saturated carbocycles. The summed E-state index contributed by atoms with van der Waals surface area (Å²) in [4.78, 5) is 22.4. The minimum Gasteiger partial charge on any atom is -0.399 e. The van der Waals surface area contributed by atoms with Crippen molar-refractivity contribution in [1.82, 2.24) is 15.3 Å². The van der Waals surface area contributed by atoms with Gasteiger partial charge in [0.05, 0.1) is 11.2 Å². The van der Waals surface area contributed by atoms with Crippen molar-refractivity contribution in [1.29, 1.82) is 0 Å². The van der Waals surface area contributed by atoms with Crippen LogP contribution in [0.5, 0.6) is 0 Å². The van der Waals surface area contributed by atoms with Crippen molar-refractivity contribution in [2.75, 3.05) is 30.4 Å². The molecule has 0 aromatic carbocycles. The van der Waals surface area contributed by atoms with Crippen LogP contribution in [0.1, 0.15) is 34.1 Å². The molecular formula is C17H26BClN4O3. The highest BCUT2D eigenvalue weighted by atomic mass is 35.5. The van der Waals surface area contributed by atoms with E-state index in [0.717, 1.165) is 25.0 Å². The number of nitrogens with zero attached hydrogens (tertiary/aromatic N) is 3. The molecule has 0 spiro atoms. The van der Waals surface area contributed by atoms with E-state index in [1.54, 1.807) is 12.4 Å². The minimum atomic E-state index is -0.453. The summed E-state index contributed by atoms with van der Waals surface area (Å²) in [5.41, 5.74) is 0.0512. The Morgan fingerprint density at radius 3 is 2.50 bits per heavy atom. The van der Waals surface area contributed by atoms with Crippen LogP contribution in [0.2, 0.25) is 0 Å². The fourth-order valence-electron chi connectivity index (χ4n) is 3.08. The van der Waals surface area contributed by atoms with Crippen molar-refractivity contribution in [3.8, 4) is 0 Å². The van der Waals surface area contributed by atoms with E-state index in [0.29, 0.717) is 18.4 Å². The second kappa shape index (κ2) is 7.33. The highest BCUT2D eigenvalue weighted by molar-refractivity contribution is 6.61. The first-order chi connectivity index (χ1) is 12.2. The SMILES string of the molecule is CC1(C)OB(c2cnc(N3CC[C@@H](CNC(=O)CCl)C3)nc2)OC1(C)C. The van der Waals surface area contributed by atoms with Crippen LogP contribution in [0.25, 0.3) is 0 Å². The maximum Gasteiger partial charge on any atom is 0.498 e. The fourth-order valence-corrected chi connectivity index (χ4v) is 3.18. The summed E-state index contributed by atoms with van der Waals surface area (Å²) in [6, 6.07) is 0. The van der Waals surface area contributed by atoms with E-state index >= 15 is 0 Å². The third-order valence-electron chi connectivity index (χ3n) is 5.46. The molecule has 1 aromatic rings. The first-order valence-electron chi connectivity index (χ1n) is 8.97. The van der Waals surface area contributed by atoms with Gasteiger partial charge >= 0.3 is 7.12 Å². The summed E-state index contributed by atoms with van der Waals surface area (Å²) in [5.74, 6) is 0.943. The molecule has 2 saturated heterocycles. The van der Waals surface area contributed by atoms with E-state index in [9.17, 15) is 4.79 Å². The predicted octanol–water partition coefficient (Wildman–Crippen LogP) is 0.957. The van der Waals surface area contributed by atoms with Crippen LogP contribution in [-0.4, -0.2) is 59.7 Å². The van der Waals surface area contributed by atoms with E-state index in [1.165, 1.54) is 0 Å². The van der Waals surface area contributed by atoms with Crippen molar-refractivity contribution >= 4 is 36.0 Å². The maximum absolute atomic E-state index is 11.3. The summed E-state index contributed by atoms with van der Waals surface area (Å²) in [7, 11) is -0.453. The van der Waals surface area contributed by atoms with Gasteiger partial charge in [-0.3, -0.25) is 4.79 Å². The van der Waals surface area contributed by atoms with E-state index < -0.39 is 7.12 Å². The van der Waals surface area contributed by atoms with Gasteiger partial charge < -0.3 is 19.5 Å². The summed E-state index contributed by atoms with van der Waals surface area (Å²) >= 11 is 5.50. The Morgan fingerprint density at radius 1 is 1.31 bits per heavy atom. The molecule has 3 heterocycles.